The molecule has 0 aromatic carbocycles. The first kappa shape index (κ1) is 7.56. The largest absolute Gasteiger partial charge is 0.367 e. The predicted octanol–water partition coefficient (Wildman–Crippen LogP) is 1.26. The Balaban J connectivity index is 1.57. The van der Waals surface area contributed by atoms with Crippen LogP contribution in [0.3, 0.4) is 0 Å². The van der Waals surface area contributed by atoms with E-state index in [1.165, 1.54) is 38.9 Å². The maximum Gasteiger partial charge on any atom is 0.0981 e. The Labute approximate surface area is 68.5 Å². The highest BCUT2D eigenvalue weighted by Crippen LogP contribution is 2.30. The van der Waals surface area contributed by atoms with Crippen LogP contribution in [0.25, 0.3) is 0 Å². The molecule has 0 aliphatic carbocycles. The number of ether oxygens (including phenoxy) is 1. The molecule has 2 aliphatic heterocycles. The number of hydrogen-bond acceptors (Lipinski definition) is 2. The second kappa shape index (κ2) is 3.11. The molecule has 2 fully saturated rings. The minimum Gasteiger partial charge on any atom is -0.367 e. The minimum absolute atomic E-state index is 0.622. The zero-order chi connectivity index (χ0) is 7.68. The summed E-state index contributed by atoms with van der Waals surface area (Å²) >= 11 is 0. The Morgan fingerprint density at radius 1 is 1.27 bits per heavy atom. The maximum atomic E-state index is 5.35. The minimum atomic E-state index is 0.622. The Hall–Kier alpha value is -0.0800. The second-order valence-electron chi connectivity index (χ2n) is 3.68. The molecule has 64 valence electrons. The van der Waals surface area contributed by atoms with E-state index in [-0.39, 0.29) is 0 Å². The summed E-state index contributed by atoms with van der Waals surface area (Å²) in [5.41, 5.74) is 0. The summed E-state index contributed by atoms with van der Waals surface area (Å²) in [7, 11) is 0. The van der Waals surface area contributed by atoms with E-state index in [9.17, 15) is 0 Å². The highest BCUT2D eigenvalue weighted by atomic mass is 16.6. The number of likely N-dealkylation sites (tertiary alicyclic amines) is 1. The molecule has 2 rings (SSSR count). The van der Waals surface area contributed by atoms with Crippen molar-refractivity contribution in [2.45, 2.75) is 38.4 Å². The molecular formula is C9H17NO. The standard InChI is InChI=1S/C9H17NO/c1-2-3-4-5-10-6-8-9(7-10)11-8/h8-9H,2-7H2,1H3. The lowest BCUT2D eigenvalue weighted by Gasteiger charge is -2.15. The predicted molar refractivity (Wildman–Crippen MR) is 44.6 cm³/mol. The molecule has 0 bridgehead atoms. The van der Waals surface area contributed by atoms with Gasteiger partial charge in [0, 0.05) is 13.1 Å². The van der Waals surface area contributed by atoms with E-state index < -0.39 is 0 Å². The van der Waals surface area contributed by atoms with Gasteiger partial charge in [-0.15, -0.1) is 0 Å². The van der Waals surface area contributed by atoms with Crippen molar-refractivity contribution in [1.29, 1.82) is 0 Å². The van der Waals surface area contributed by atoms with E-state index in [1.54, 1.807) is 0 Å². The molecule has 2 saturated heterocycles. The van der Waals surface area contributed by atoms with Crippen LogP contribution < -0.4 is 0 Å². The number of morpholine rings is 1. The number of epoxide rings is 1. The molecule has 2 unspecified atom stereocenters. The van der Waals surface area contributed by atoms with Crippen molar-refractivity contribution in [3.8, 4) is 0 Å². The first-order valence-corrected chi connectivity index (χ1v) is 4.78. The smallest absolute Gasteiger partial charge is 0.0981 e. The van der Waals surface area contributed by atoms with Crippen LogP contribution in [0.5, 0.6) is 0 Å². The zero-order valence-electron chi connectivity index (χ0n) is 7.25. The molecule has 0 aromatic rings. The van der Waals surface area contributed by atoms with Gasteiger partial charge in [0.2, 0.25) is 0 Å². The fourth-order valence-corrected chi connectivity index (χ4v) is 1.85. The molecule has 0 aromatic heterocycles. The molecule has 0 saturated carbocycles. The first-order valence-electron chi connectivity index (χ1n) is 4.78. The van der Waals surface area contributed by atoms with Gasteiger partial charge in [-0.2, -0.15) is 0 Å². The van der Waals surface area contributed by atoms with Gasteiger partial charge in [-0.1, -0.05) is 19.8 Å². The van der Waals surface area contributed by atoms with Gasteiger partial charge in [0.15, 0.2) is 0 Å². The fourth-order valence-electron chi connectivity index (χ4n) is 1.85. The molecular weight excluding hydrogens is 138 g/mol. The highest BCUT2D eigenvalue weighted by molar-refractivity contribution is 4.96. The lowest BCUT2D eigenvalue weighted by atomic mass is 10.2. The number of fused-ring (bicyclic) bond motifs is 1. The molecule has 2 nitrogen and oxygen atoms in total. The van der Waals surface area contributed by atoms with E-state index in [1.807, 2.05) is 0 Å². The molecule has 0 amide bonds. The van der Waals surface area contributed by atoms with E-state index >= 15 is 0 Å². The quantitative estimate of drug-likeness (QED) is 0.448. The third kappa shape index (κ3) is 1.74. The van der Waals surface area contributed by atoms with E-state index in [0.717, 1.165) is 0 Å². The number of hydrogen-bond donors (Lipinski definition) is 0. The summed E-state index contributed by atoms with van der Waals surface area (Å²) in [5.74, 6) is 0. The van der Waals surface area contributed by atoms with Crippen molar-refractivity contribution in [1.82, 2.24) is 4.90 Å². The Morgan fingerprint density at radius 3 is 2.64 bits per heavy atom. The van der Waals surface area contributed by atoms with Crippen molar-refractivity contribution in [2.75, 3.05) is 19.6 Å². The fraction of sp³-hybridized carbons (Fsp3) is 1.00. The van der Waals surface area contributed by atoms with Crippen molar-refractivity contribution >= 4 is 0 Å². The van der Waals surface area contributed by atoms with Gasteiger partial charge in [0.25, 0.3) is 0 Å². The van der Waals surface area contributed by atoms with Crippen LogP contribution >= 0.6 is 0 Å². The number of rotatable bonds is 4. The van der Waals surface area contributed by atoms with Crippen LogP contribution in [-0.4, -0.2) is 36.7 Å². The van der Waals surface area contributed by atoms with Gasteiger partial charge in [-0.05, 0) is 13.0 Å². The third-order valence-corrected chi connectivity index (χ3v) is 2.64. The van der Waals surface area contributed by atoms with Crippen molar-refractivity contribution < 1.29 is 4.74 Å². The van der Waals surface area contributed by atoms with Crippen LogP contribution in [0.1, 0.15) is 26.2 Å². The molecule has 2 heteroatoms. The average Bonchev–Trinajstić information content (AvgIpc) is 2.61. The summed E-state index contributed by atoms with van der Waals surface area (Å²) in [6, 6.07) is 0. The summed E-state index contributed by atoms with van der Waals surface area (Å²) in [6.45, 7) is 5.96. The normalized spacial score (nSPS) is 35.7. The highest BCUT2D eigenvalue weighted by Gasteiger charge is 2.46. The summed E-state index contributed by atoms with van der Waals surface area (Å²) in [5, 5.41) is 0. The Kier molecular flexibility index (Phi) is 2.14. The van der Waals surface area contributed by atoms with Gasteiger partial charge in [0.05, 0.1) is 12.2 Å². The zero-order valence-corrected chi connectivity index (χ0v) is 7.25. The first-order chi connectivity index (χ1) is 5.40. The third-order valence-electron chi connectivity index (χ3n) is 2.64. The van der Waals surface area contributed by atoms with Gasteiger partial charge in [-0.3, -0.25) is 4.90 Å². The monoisotopic (exact) mass is 155 g/mol. The van der Waals surface area contributed by atoms with Crippen LogP contribution in [-0.2, 0) is 4.74 Å². The lowest BCUT2D eigenvalue weighted by Crippen LogP contribution is -2.25. The van der Waals surface area contributed by atoms with Gasteiger partial charge in [-0.25, -0.2) is 0 Å². The van der Waals surface area contributed by atoms with Gasteiger partial charge < -0.3 is 4.74 Å². The Bertz CT molecular complexity index is 128. The van der Waals surface area contributed by atoms with E-state index in [0.29, 0.717) is 12.2 Å². The van der Waals surface area contributed by atoms with Crippen LogP contribution in [0.4, 0.5) is 0 Å². The molecule has 0 radical (unpaired) electrons. The van der Waals surface area contributed by atoms with E-state index in [4.69, 9.17) is 4.74 Å². The van der Waals surface area contributed by atoms with Crippen LogP contribution in [0.15, 0.2) is 0 Å². The second-order valence-corrected chi connectivity index (χ2v) is 3.68. The van der Waals surface area contributed by atoms with E-state index in [2.05, 4.69) is 11.8 Å². The van der Waals surface area contributed by atoms with Crippen molar-refractivity contribution in [3.05, 3.63) is 0 Å². The van der Waals surface area contributed by atoms with Crippen LogP contribution in [0.2, 0.25) is 0 Å². The SMILES string of the molecule is CCCCCN1CC2OC2C1. The lowest BCUT2D eigenvalue weighted by molar-refractivity contribution is 0.201. The number of unbranched alkanes of at least 4 members (excludes halogenated alkanes) is 2. The average molecular weight is 155 g/mol. The summed E-state index contributed by atoms with van der Waals surface area (Å²) in [6.07, 6.45) is 5.33. The topological polar surface area (TPSA) is 15.8 Å². The molecule has 2 atom stereocenters. The molecule has 2 heterocycles. The van der Waals surface area contributed by atoms with Gasteiger partial charge in [0.1, 0.15) is 0 Å². The summed E-state index contributed by atoms with van der Waals surface area (Å²) < 4.78 is 5.35. The molecule has 0 N–H and O–H groups in total. The van der Waals surface area contributed by atoms with Crippen molar-refractivity contribution in [2.24, 2.45) is 0 Å². The molecule has 11 heavy (non-hydrogen) atoms. The van der Waals surface area contributed by atoms with Crippen LogP contribution in [0, 0.1) is 0 Å². The van der Waals surface area contributed by atoms with Crippen molar-refractivity contribution in [3.63, 3.8) is 0 Å². The maximum absolute atomic E-state index is 5.35. The molecule has 2 aliphatic rings. The summed E-state index contributed by atoms with van der Waals surface area (Å²) in [4.78, 5) is 2.54. The number of nitrogens with zero attached hydrogens (tertiary/aromatic N) is 1. The van der Waals surface area contributed by atoms with Gasteiger partial charge >= 0.3 is 0 Å². The molecule has 0 spiro atoms. The Morgan fingerprint density at radius 2 is 2.00 bits per heavy atom.